The normalized spacial score (nSPS) is 15.3. The molecule has 0 saturated heterocycles. The molecule has 1 unspecified atom stereocenters. The Bertz CT molecular complexity index is 148. The van der Waals surface area contributed by atoms with Crippen LogP contribution < -0.4 is 0 Å². The van der Waals surface area contributed by atoms with Gasteiger partial charge in [-0.2, -0.15) is 0 Å². The minimum atomic E-state index is -1.51. The number of carbonyl (C=O) groups excluding carboxylic acids is 1. The molecule has 5 heteroatoms. The average Bonchev–Trinajstić information content (AvgIpc) is 1.84. The van der Waals surface area contributed by atoms with E-state index in [1.54, 1.807) is 0 Å². The number of aldehydes is 1. The summed E-state index contributed by atoms with van der Waals surface area (Å²) in [5.74, 6) is 0. The van der Waals surface area contributed by atoms with Crippen LogP contribution in [0.1, 0.15) is 6.92 Å². The Morgan fingerprint density at radius 2 is 2.56 bits per heavy atom. The van der Waals surface area contributed by atoms with Crippen molar-refractivity contribution in [3.8, 4) is 0 Å². The SMILES string of the molecule is CC(O)(C=O)CN=[N+]=[N-]. The molecule has 0 amide bonds. The number of hydrogen-bond donors (Lipinski definition) is 1. The van der Waals surface area contributed by atoms with Crippen molar-refractivity contribution in [1.29, 1.82) is 0 Å². The van der Waals surface area contributed by atoms with Gasteiger partial charge in [0.25, 0.3) is 0 Å². The molecule has 0 rings (SSSR count). The molecule has 0 aromatic rings. The zero-order valence-electron chi connectivity index (χ0n) is 4.98. The van der Waals surface area contributed by atoms with Gasteiger partial charge in [0.2, 0.25) is 0 Å². The molecule has 50 valence electrons. The zero-order chi connectivity index (χ0) is 7.33. The monoisotopic (exact) mass is 129 g/mol. The second kappa shape index (κ2) is 3.06. The highest BCUT2D eigenvalue weighted by Crippen LogP contribution is 1.97. The molecule has 1 atom stereocenters. The first-order valence-corrected chi connectivity index (χ1v) is 2.32. The number of carbonyl (C=O) groups is 1. The topological polar surface area (TPSA) is 86.1 Å². The highest BCUT2D eigenvalue weighted by molar-refractivity contribution is 5.61. The molecule has 1 N–H and O–H groups in total. The highest BCUT2D eigenvalue weighted by Gasteiger charge is 2.16. The molecule has 0 aliphatic heterocycles. The summed E-state index contributed by atoms with van der Waals surface area (Å²) in [7, 11) is 0. The van der Waals surface area contributed by atoms with Crippen LogP contribution in [0.2, 0.25) is 0 Å². The molecule has 9 heavy (non-hydrogen) atoms. The number of aliphatic hydroxyl groups is 1. The summed E-state index contributed by atoms with van der Waals surface area (Å²) in [6.07, 6.45) is 0.335. The summed E-state index contributed by atoms with van der Waals surface area (Å²) in [5.41, 5.74) is 6.25. The molecule has 0 aromatic heterocycles. The van der Waals surface area contributed by atoms with Gasteiger partial charge >= 0.3 is 0 Å². The van der Waals surface area contributed by atoms with E-state index in [0.29, 0.717) is 6.29 Å². The maximum absolute atomic E-state index is 9.90. The van der Waals surface area contributed by atoms with Gasteiger partial charge in [-0.1, -0.05) is 5.11 Å². The molecular weight excluding hydrogens is 122 g/mol. The van der Waals surface area contributed by atoms with Crippen molar-refractivity contribution in [3.05, 3.63) is 10.4 Å². The summed E-state index contributed by atoms with van der Waals surface area (Å²) >= 11 is 0. The lowest BCUT2D eigenvalue weighted by atomic mass is 10.1. The van der Waals surface area contributed by atoms with E-state index in [1.807, 2.05) is 0 Å². The van der Waals surface area contributed by atoms with Gasteiger partial charge in [0.1, 0.15) is 5.60 Å². The van der Waals surface area contributed by atoms with Crippen LogP contribution >= 0.6 is 0 Å². The van der Waals surface area contributed by atoms with Crippen LogP contribution in [0.15, 0.2) is 5.11 Å². The van der Waals surface area contributed by atoms with Crippen molar-refractivity contribution >= 4 is 6.29 Å². The van der Waals surface area contributed by atoms with Crippen LogP contribution in [-0.4, -0.2) is 23.5 Å². The first-order valence-electron chi connectivity index (χ1n) is 2.32. The van der Waals surface area contributed by atoms with Gasteiger partial charge < -0.3 is 9.90 Å². The minimum Gasteiger partial charge on any atom is -0.383 e. The van der Waals surface area contributed by atoms with Gasteiger partial charge in [-0.3, -0.25) is 0 Å². The van der Waals surface area contributed by atoms with Crippen LogP contribution in [-0.2, 0) is 4.79 Å². The standard InChI is InChI=1S/C4H7N3O2/c1-4(9,3-8)2-6-7-5/h3,9H,2H2,1H3. The molecule has 0 radical (unpaired) electrons. The van der Waals surface area contributed by atoms with Gasteiger partial charge in [-0.25, -0.2) is 0 Å². The molecule has 0 aliphatic carbocycles. The molecule has 0 fully saturated rings. The predicted molar refractivity (Wildman–Crippen MR) is 30.7 cm³/mol. The van der Waals surface area contributed by atoms with E-state index in [1.165, 1.54) is 6.92 Å². The smallest absolute Gasteiger partial charge is 0.151 e. The van der Waals surface area contributed by atoms with Crippen LogP contribution in [0.5, 0.6) is 0 Å². The van der Waals surface area contributed by atoms with E-state index in [0.717, 1.165) is 0 Å². The van der Waals surface area contributed by atoms with Gasteiger partial charge in [0.05, 0.1) is 6.54 Å². The molecule has 5 nitrogen and oxygen atoms in total. The highest BCUT2D eigenvalue weighted by atomic mass is 16.3. The third kappa shape index (κ3) is 3.52. The lowest BCUT2D eigenvalue weighted by Crippen LogP contribution is -2.29. The Morgan fingerprint density at radius 1 is 2.00 bits per heavy atom. The van der Waals surface area contributed by atoms with E-state index in [4.69, 9.17) is 10.6 Å². The number of azide groups is 1. The summed E-state index contributed by atoms with van der Waals surface area (Å²) in [6.45, 7) is 1.06. The van der Waals surface area contributed by atoms with E-state index in [2.05, 4.69) is 10.0 Å². The Hall–Kier alpha value is -1.06. The van der Waals surface area contributed by atoms with Gasteiger partial charge in [0.15, 0.2) is 6.29 Å². The maximum atomic E-state index is 9.90. The van der Waals surface area contributed by atoms with Crippen LogP contribution in [0.25, 0.3) is 10.4 Å². The molecule has 0 saturated carbocycles. The van der Waals surface area contributed by atoms with Gasteiger partial charge in [-0.05, 0) is 12.5 Å². The summed E-state index contributed by atoms with van der Waals surface area (Å²) in [5, 5.41) is 11.8. The second-order valence-corrected chi connectivity index (χ2v) is 1.86. The van der Waals surface area contributed by atoms with Crippen molar-refractivity contribution < 1.29 is 9.90 Å². The lowest BCUT2D eigenvalue weighted by molar-refractivity contribution is -0.121. The fourth-order valence-electron chi connectivity index (χ4n) is 0.212. The first-order chi connectivity index (χ1) is 4.12. The van der Waals surface area contributed by atoms with Crippen molar-refractivity contribution in [3.63, 3.8) is 0 Å². The quantitative estimate of drug-likeness (QED) is 0.256. The second-order valence-electron chi connectivity index (χ2n) is 1.86. The number of rotatable bonds is 3. The molecule has 0 bridgehead atoms. The average molecular weight is 129 g/mol. The van der Waals surface area contributed by atoms with Crippen molar-refractivity contribution in [2.75, 3.05) is 6.54 Å². The Balaban J connectivity index is 3.85. The van der Waals surface area contributed by atoms with E-state index in [9.17, 15) is 4.79 Å². The fraction of sp³-hybridized carbons (Fsp3) is 0.750. The molecular formula is C4H7N3O2. The fourth-order valence-corrected chi connectivity index (χ4v) is 0.212. The van der Waals surface area contributed by atoms with Crippen molar-refractivity contribution in [1.82, 2.24) is 0 Å². The third-order valence-corrected chi connectivity index (χ3v) is 0.708. The van der Waals surface area contributed by atoms with Crippen LogP contribution in [0, 0.1) is 0 Å². The summed E-state index contributed by atoms with van der Waals surface area (Å²) in [4.78, 5) is 12.3. The van der Waals surface area contributed by atoms with Gasteiger partial charge in [0, 0.05) is 4.91 Å². The molecule has 0 aliphatic rings. The van der Waals surface area contributed by atoms with E-state index >= 15 is 0 Å². The zero-order valence-corrected chi connectivity index (χ0v) is 4.98. The molecule has 0 spiro atoms. The molecule has 0 aromatic carbocycles. The van der Waals surface area contributed by atoms with Crippen LogP contribution in [0.3, 0.4) is 0 Å². The van der Waals surface area contributed by atoms with Crippen molar-refractivity contribution in [2.24, 2.45) is 5.11 Å². The number of nitrogens with zero attached hydrogens (tertiary/aromatic N) is 3. The first kappa shape index (κ1) is 7.94. The predicted octanol–water partition coefficient (Wildman–Crippen LogP) is 0.247. The maximum Gasteiger partial charge on any atom is 0.151 e. The largest absolute Gasteiger partial charge is 0.383 e. The summed E-state index contributed by atoms with van der Waals surface area (Å²) < 4.78 is 0. The van der Waals surface area contributed by atoms with Gasteiger partial charge in [-0.15, -0.1) is 0 Å². The minimum absolute atomic E-state index is 0.215. The lowest BCUT2D eigenvalue weighted by Gasteiger charge is -2.09. The van der Waals surface area contributed by atoms with E-state index < -0.39 is 5.60 Å². The van der Waals surface area contributed by atoms with E-state index in [-0.39, 0.29) is 6.54 Å². The summed E-state index contributed by atoms with van der Waals surface area (Å²) in [6, 6.07) is 0. The van der Waals surface area contributed by atoms with Crippen LogP contribution in [0.4, 0.5) is 0 Å². The Kier molecular flexibility index (Phi) is 2.70. The third-order valence-electron chi connectivity index (χ3n) is 0.708. The number of hydrogen-bond acceptors (Lipinski definition) is 3. The molecule has 0 heterocycles. The Labute approximate surface area is 51.9 Å². The Morgan fingerprint density at radius 3 is 2.89 bits per heavy atom. The van der Waals surface area contributed by atoms with Crippen molar-refractivity contribution in [2.45, 2.75) is 12.5 Å².